The molecule has 1 saturated heterocycles. The third kappa shape index (κ3) is 3.24. The van der Waals surface area contributed by atoms with Gasteiger partial charge in [-0.1, -0.05) is 6.92 Å². The van der Waals surface area contributed by atoms with E-state index in [2.05, 4.69) is 32.3 Å². The second-order valence-corrected chi connectivity index (χ2v) is 6.56. The van der Waals surface area contributed by atoms with E-state index in [9.17, 15) is 0 Å². The van der Waals surface area contributed by atoms with Crippen LogP contribution in [0.25, 0.3) is 0 Å². The summed E-state index contributed by atoms with van der Waals surface area (Å²) in [4.78, 5) is 3.60. The van der Waals surface area contributed by atoms with Crippen molar-refractivity contribution in [2.24, 2.45) is 5.10 Å². The van der Waals surface area contributed by atoms with Crippen LogP contribution >= 0.6 is 23.6 Å². The molecule has 0 atom stereocenters. The predicted molar refractivity (Wildman–Crippen MR) is 90.2 cm³/mol. The topological polar surface area (TPSA) is 49.2 Å². The number of nitrogens with one attached hydrogen (secondary N) is 1. The van der Waals surface area contributed by atoms with E-state index in [-0.39, 0.29) is 0 Å². The van der Waals surface area contributed by atoms with Crippen molar-refractivity contribution in [2.75, 3.05) is 18.0 Å². The molecular formula is C14H19N5S2. The summed E-state index contributed by atoms with van der Waals surface area (Å²) in [5.41, 5.74) is 0. The molecule has 0 spiro atoms. The fourth-order valence-corrected chi connectivity index (χ4v) is 3.61. The highest BCUT2D eigenvalue weighted by molar-refractivity contribution is 7.71. The normalized spacial score (nSPS) is 16.0. The van der Waals surface area contributed by atoms with Crippen molar-refractivity contribution in [1.29, 1.82) is 0 Å². The number of rotatable bonds is 4. The lowest BCUT2D eigenvalue weighted by Gasteiger charge is -2.27. The van der Waals surface area contributed by atoms with Crippen LogP contribution in [0.1, 0.15) is 36.9 Å². The van der Waals surface area contributed by atoms with Crippen LogP contribution in [0, 0.1) is 4.77 Å². The van der Waals surface area contributed by atoms with Gasteiger partial charge in [0.1, 0.15) is 0 Å². The molecule has 1 fully saturated rings. The summed E-state index contributed by atoms with van der Waals surface area (Å²) in [6.45, 7) is 4.38. The van der Waals surface area contributed by atoms with Gasteiger partial charge in [0.15, 0.2) is 5.82 Å². The van der Waals surface area contributed by atoms with Gasteiger partial charge in [-0.25, -0.2) is 0 Å². The van der Waals surface area contributed by atoms with E-state index >= 15 is 0 Å². The summed E-state index contributed by atoms with van der Waals surface area (Å²) >= 11 is 6.97. The molecule has 2 aromatic heterocycles. The molecule has 0 aromatic carbocycles. The molecule has 21 heavy (non-hydrogen) atoms. The summed E-state index contributed by atoms with van der Waals surface area (Å²) in [6, 6.07) is 4.31. The van der Waals surface area contributed by atoms with Gasteiger partial charge in [0.25, 0.3) is 0 Å². The van der Waals surface area contributed by atoms with Gasteiger partial charge >= 0.3 is 0 Å². The molecule has 1 N–H and O–H groups in total. The molecule has 2 aromatic rings. The first-order valence-corrected chi connectivity index (χ1v) is 8.56. The molecule has 0 radical (unpaired) electrons. The molecule has 3 rings (SSSR count). The molecular weight excluding hydrogens is 302 g/mol. The fourth-order valence-electron chi connectivity index (χ4n) is 2.48. The van der Waals surface area contributed by atoms with Crippen molar-refractivity contribution >= 4 is 34.8 Å². The Balaban J connectivity index is 1.76. The van der Waals surface area contributed by atoms with E-state index < -0.39 is 0 Å². The van der Waals surface area contributed by atoms with E-state index in [0.29, 0.717) is 4.77 Å². The van der Waals surface area contributed by atoms with Crippen molar-refractivity contribution in [3.8, 4) is 0 Å². The Labute approximate surface area is 133 Å². The Bertz CT molecular complexity index is 676. The van der Waals surface area contributed by atoms with Gasteiger partial charge < -0.3 is 4.90 Å². The summed E-state index contributed by atoms with van der Waals surface area (Å²) < 4.78 is 2.23. The number of H-pyrrole nitrogens is 1. The molecule has 112 valence electrons. The lowest BCUT2D eigenvalue weighted by atomic mass is 10.1. The highest BCUT2D eigenvalue weighted by atomic mass is 32.1. The van der Waals surface area contributed by atoms with Crippen LogP contribution in [0.15, 0.2) is 17.2 Å². The van der Waals surface area contributed by atoms with E-state index in [1.807, 2.05) is 13.1 Å². The van der Waals surface area contributed by atoms with Gasteiger partial charge in [-0.3, -0.25) is 5.10 Å². The number of thiophene rings is 1. The number of nitrogens with zero attached hydrogens (tertiary/aromatic N) is 4. The largest absolute Gasteiger partial charge is 0.363 e. The molecule has 0 aliphatic carbocycles. The lowest BCUT2D eigenvalue weighted by Crippen LogP contribution is -2.28. The minimum atomic E-state index is 0.538. The number of aromatic amines is 1. The highest BCUT2D eigenvalue weighted by Gasteiger charge is 2.12. The van der Waals surface area contributed by atoms with Crippen LogP contribution in [0.2, 0.25) is 0 Å². The van der Waals surface area contributed by atoms with Crippen LogP contribution in [-0.4, -0.2) is 34.2 Å². The Hall–Kier alpha value is -1.47. The molecule has 0 saturated carbocycles. The smallest absolute Gasteiger partial charge is 0.216 e. The summed E-state index contributed by atoms with van der Waals surface area (Å²) in [5.74, 6) is 0.851. The Morgan fingerprint density at radius 2 is 2.19 bits per heavy atom. The van der Waals surface area contributed by atoms with Gasteiger partial charge in [-0.15, -0.1) is 11.3 Å². The first-order valence-electron chi connectivity index (χ1n) is 7.33. The van der Waals surface area contributed by atoms with Crippen molar-refractivity contribution in [3.05, 3.63) is 27.6 Å². The zero-order valence-electron chi connectivity index (χ0n) is 12.1. The first kappa shape index (κ1) is 14.5. The van der Waals surface area contributed by atoms with Gasteiger partial charge in [-0.2, -0.15) is 14.9 Å². The summed E-state index contributed by atoms with van der Waals surface area (Å²) in [6.07, 6.45) is 6.61. The van der Waals surface area contributed by atoms with Crippen molar-refractivity contribution in [2.45, 2.75) is 32.6 Å². The third-order valence-corrected chi connectivity index (χ3v) is 4.96. The molecule has 0 bridgehead atoms. The van der Waals surface area contributed by atoms with E-state index in [0.717, 1.165) is 17.1 Å². The number of aromatic nitrogens is 3. The first-order chi connectivity index (χ1) is 10.3. The number of aryl methyl sites for hydroxylation is 1. The number of hydrogen-bond donors (Lipinski definition) is 1. The van der Waals surface area contributed by atoms with Crippen molar-refractivity contribution in [3.63, 3.8) is 0 Å². The van der Waals surface area contributed by atoms with Crippen LogP contribution in [0.3, 0.4) is 0 Å². The molecule has 1 aliphatic heterocycles. The van der Waals surface area contributed by atoms with Crippen molar-refractivity contribution in [1.82, 2.24) is 14.9 Å². The molecule has 7 heteroatoms. The number of piperidine rings is 1. The Kier molecular flexibility index (Phi) is 4.50. The Morgan fingerprint density at radius 3 is 2.95 bits per heavy atom. The minimum Gasteiger partial charge on any atom is -0.363 e. The van der Waals surface area contributed by atoms with Crippen LogP contribution in [-0.2, 0) is 6.42 Å². The van der Waals surface area contributed by atoms with E-state index in [1.54, 1.807) is 16.0 Å². The molecule has 1 aliphatic rings. The average Bonchev–Trinajstić information content (AvgIpc) is 3.13. The molecule has 3 heterocycles. The zero-order chi connectivity index (χ0) is 14.7. The second-order valence-electron chi connectivity index (χ2n) is 5.08. The maximum Gasteiger partial charge on any atom is 0.216 e. The molecule has 5 nitrogen and oxygen atoms in total. The van der Waals surface area contributed by atoms with Gasteiger partial charge in [0, 0.05) is 24.4 Å². The highest BCUT2D eigenvalue weighted by Crippen LogP contribution is 2.27. The predicted octanol–water partition coefficient (Wildman–Crippen LogP) is 3.44. The van der Waals surface area contributed by atoms with Gasteiger partial charge in [-0.05, 0) is 43.6 Å². The maximum atomic E-state index is 5.19. The quantitative estimate of drug-likeness (QED) is 0.693. The van der Waals surface area contributed by atoms with Crippen molar-refractivity contribution < 1.29 is 0 Å². The zero-order valence-corrected chi connectivity index (χ0v) is 13.7. The molecule has 0 unspecified atom stereocenters. The van der Waals surface area contributed by atoms with Crippen LogP contribution < -0.4 is 4.90 Å². The number of anilines is 1. The number of hydrogen-bond acceptors (Lipinski definition) is 5. The van der Waals surface area contributed by atoms with Crippen LogP contribution in [0.4, 0.5) is 5.00 Å². The Morgan fingerprint density at radius 1 is 1.38 bits per heavy atom. The summed E-state index contributed by atoms with van der Waals surface area (Å²) in [5, 5.41) is 12.7. The average molecular weight is 321 g/mol. The minimum absolute atomic E-state index is 0.538. The fraction of sp³-hybridized carbons (Fsp3) is 0.500. The maximum absolute atomic E-state index is 5.19. The monoisotopic (exact) mass is 321 g/mol. The van der Waals surface area contributed by atoms with Crippen LogP contribution in [0.5, 0.6) is 0 Å². The van der Waals surface area contributed by atoms with E-state index in [4.69, 9.17) is 12.2 Å². The third-order valence-electron chi connectivity index (χ3n) is 3.61. The summed E-state index contributed by atoms with van der Waals surface area (Å²) in [7, 11) is 0. The van der Waals surface area contributed by atoms with Gasteiger partial charge in [0.05, 0.1) is 11.2 Å². The SMILES string of the molecule is CCc1n[nH]c(=S)n1/N=C/c1ccc(N2CCCCC2)s1. The standard InChI is InChI=1S/C14H19N5S2/c1-2-12-16-17-14(20)19(12)15-10-11-6-7-13(21-11)18-8-4-3-5-9-18/h6-7,10H,2-5,8-9H2,1H3,(H,17,20)/b15-10+. The lowest BCUT2D eigenvalue weighted by molar-refractivity contribution is 0.580. The van der Waals surface area contributed by atoms with E-state index in [1.165, 1.54) is 37.4 Å². The van der Waals surface area contributed by atoms with Gasteiger partial charge in [0.2, 0.25) is 4.77 Å². The second kappa shape index (κ2) is 6.53. The molecule has 0 amide bonds.